The van der Waals surface area contributed by atoms with Gasteiger partial charge in [-0.25, -0.2) is 0 Å². The van der Waals surface area contributed by atoms with Gasteiger partial charge in [0.25, 0.3) is 5.91 Å². The maximum absolute atomic E-state index is 12.7. The van der Waals surface area contributed by atoms with Crippen molar-refractivity contribution in [3.8, 4) is 17.2 Å². The monoisotopic (exact) mass is 376 g/mol. The normalized spacial score (nSPS) is 14.2. The molecule has 140 valence electrons. The Morgan fingerprint density at radius 1 is 1.04 bits per heavy atom. The Bertz CT molecular complexity index is 718. The van der Waals surface area contributed by atoms with Gasteiger partial charge in [0.05, 0.1) is 12.2 Å². The van der Waals surface area contributed by atoms with Crippen LogP contribution in [0.4, 0.5) is 0 Å². The van der Waals surface area contributed by atoms with Crippen molar-refractivity contribution in [2.45, 2.75) is 25.8 Å². The third-order valence-corrected chi connectivity index (χ3v) is 4.17. The predicted octanol–water partition coefficient (Wildman–Crippen LogP) is 3.78. The van der Waals surface area contributed by atoms with Crippen LogP contribution in [0.5, 0.6) is 17.2 Å². The second-order valence-corrected chi connectivity index (χ2v) is 5.98. The first kappa shape index (κ1) is 20.1. The molecule has 1 fully saturated rings. The van der Waals surface area contributed by atoms with Gasteiger partial charge in [-0.2, -0.15) is 0 Å². The number of rotatable bonds is 6. The van der Waals surface area contributed by atoms with Crippen molar-refractivity contribution in [3.05, 3.63) is 54.1 Å². The lowest BCUT2D eigenvalue weighted by molar-refractivity contribution is 0.0927. The first-order valence-corrected chi connectivity index (χ1v) is 8.78. The number of halogens is 1. The maximum atomic E-state index is 12.7. The molecule has 3 rings (SSSR count). The van der Waals surface area contributed by atoms with Gasteiger partial charge < -0.3 is 20.1 Å². The molecule has 1 aliphatic heterocycles. The van der Waals surface area contributed by atoms with E-state index in [0.717, 1.165) is 25.9 Å². The minimum absolute atomic E-state index is 0. The van der Waals surface area contributed by atoms with Crippen molar-refractivity contribution in [2.75, 3.05) is 19.7 Å². The molecule has 2 aromatic rings. The third kappa shape index (κ3) is 5.13. The summed E-state index contributed by atoms with van der Waals surface area (Å²) in [5, 5.41) is 6.41. The van der Waals surface area contributed by atoms with E-state index in [0.29, 0.717) is 29.4 Å². The van der Waals surface area contributed by atoms with Gasteiger partial charge in [-0.1, -0.05) is 24.3 Å². The fourth-order valence-electron chi connectivity index (χ4n) is 2.90. The lowest BCUT2D eigenvalue weighted by Crippen LogP contribution is -2.42. The summed E-state index contributed by atoms with van der Waals surface area (Å²) in [4.78, 5) is 12.7. The summed E-state index contributed by atoms with van der Waals surface area (Å²) in [7, 11) is 0. The highest BCUT2D eigenvalue weighted by Crippen LogP contribution is 2.33. The molecule has 26 heavy (non-hydrogen) atoms. The number of carbonyl (C=O) groups excluding carboxylic acids is 1. The molecule has 1 saturated heterocycles. The average Bonchev–Trinajstić information content (AvgIpc) is 2.65. The van der Waals surface area contributed by atoms with Crippen LogP contribution < -0.4 is 20.1 Å². The second kappa shape index (κ2) is 10.0. The molecule has 0 saturated carbocycles. The van der Waals surface area contributed by atoms with Crippen LogP contribution in [-0.4, -0.2) is 31.6 Å². The fraction of sp³-hybridized carbons (Fsp3) is 0.350. The average molecular weight is 377 g/mol. The van der Waals surface area contributed by atoms with Crippen LogP contribution in [0.3, 0.4) is 0 Å². The van der Waals surface area contributed by atoms with Crippen LogP contribution in [-0.2, 0) is 0 Å². The van der Waals surface area contributed by atoms with E-state index < -0.39 is 0 Å². The van der Waals surface area contributed by atoms with Crippen LogP contribution in [0.2, 0.25) is 0 Å². The summed E-state index contributed by atoms with van der Waals surface area (Å²) in [5.74, 6) is 1.70. The Labute approximate surface area is 160 Å². The van der Waals surface area contributed by atoms with Crippen LogP contribution in [0.1, 0.15) is 30.1 Å². The number of hydrogen-bond acceptors (Lipinski definition) is 4. The molecule has 1 heterocycles. The summed E-state index contributed by atoms with van der Waals surface area (Å²) in [6, 6.07) is 15.0. The van der Waals surface area contributed by atoms with E-state index >= 15 is 0 Å². The van der Waals surface area contributed by atoms with Crippen molar-refractivity contribution in [3.63, 3.8) is 0 Å². The highest BCUT2D eigenvalue weighted by molar-refractivity contribution is 5.97. The Morgan fingerprint density at radius 2 is 1.65 bits per heavy atom. The number of ether oxygens (including phenoxy) is 2. The zero-order valence-corrected chi connectivity index (χ0v) is 15.7. The van der Waals surface area contributed by atoms with E-state index in [1.165, 1.54) is 0 Å². The SMILES string of the molecule is CCOc1ccccc1Oc1ccccc1C(=O)NC1CCNCC1.Cl. The summed E-state index contributed by atoms with van der Waals surface area (Å²) in [6.07, 6.45) is 1.89. The maximum Gasteiger partial charge on any atom is 0.255 e. The number of nitrogens with one attached hydrogen (secondary N) is 2. The zero-order chi connectivity index (χ0) is 17.5. The Balaban J connectivity index is 0.00000243. The molecule has 1 aliphatic rings. The molecule has 0 atom stereocenters. The van der Waals surface area contributed by atoms with Gasteiger partial charge >= 0.3 is 0 Å². The van der Waals surface area contributed by atoms with E-state index in [2.05, 4.69) is 10.6 Å². The lowest BCUT2D eigenvalue weighted by Gasteiger charge is -2.24. The molecule has 0 unspecified atom stereocenters. The minimum atomic E-state index is -0.101. The van der Waals surface area contributed by atoms with E-state index in [9.17, 15) is 4.79 Å². The molecular formula is C20H25ClN2O3. The Hall–Kier alpha value is -2.24. The lowest BCUT2D eigenvalue weighted by atomic mass is 10.1. The van der Waals surface area contributed by atoms with Gasteiger partial charge in [0.1, 0.15) is 5.75 Å². The topological polar surface area (TPSA) is 59.6 Å². The molecule has 0 aromatic heterocycles. The summed E-state index contributed by atoms with van der Waals surface area (Å²) in [6.45, 7) is 4.35. The second-order valence-electron chi connectivity index (χ2n) is 5.98. The molecule has 2 N–H and O–H groups in total. The number of carbonyl (C=O) groups is 1. The summed E-state index contributed by atoms with van der Waals surface area (Å²) < 4.78 is 11.6. The molecule has 0 spiro atoms. The molecule has 6 heteroatoms. The van der Waals surface area contributed by atoms with Crippen LogP contribution in [0, 0.1) is 0 Å². The van der Waals surface area contributed by atoms with Crippen LogP contribution in [0.25, 0.3) is 0 Å². The summed E-state index contributed by atoms with van der Waals surface area (Å²) >= 11 is 0. The minimum Gasteiger partial charge on any atom is -0.490 e. The standard InChI is InChI=1S/C20H24N2O3.ClH/c1-2-24-18-9-5-6-10-19(18)25-17-8-4-3-7-16(17)20(23)22-15-11-13-21-14-12-15;/h3-10,15,21H,2,11-14H2,1H3,(H,22,23);1H. The first-order chi connectivity index (χ1) is 12.3. The molecular weight excluding hydrogens is 352 g/mol. The van der Waals surface area contributed by atoms with Gasteiger partial charge in [0.15, 0.2) is 11.5 Å². The largest absolute Gasteiger partial charge is 0.490 e. The van der Waals surface area contributed by atoms with Gasteiger partial charge in [-0.3, -0.25) is 4.79 Å². The number of piperidine rings is 1. The van der Waals surface area contributed by atoms with Crippen molar-refractivity contribution in [1.82, 2.24) is 10.6 Å². The zero-order valence-electron chi connectivity index (χ0n) is 14.9. The number of benzene rings is 2. The first-order valence-electron chi connectivity index (χ1n) is 8.78. The number of hydrogen-bond donors (Lipinski definition) is 2. The molecule has 5 nitrogen and oxygen atoms in total. The molecule has 0 radical (unpaired) electrons. The van der Waals surface area contributed by atoms with Gasteiger partial charge in [0.2, 0.25) is 0 Å². The van der Waals surface area contributed by atoms with Gasteiger partial charge in [0, 0.05) is 6.04 Å². The highest BCUT2D eigenvalue weighted by atomic mass is 35.5. The van der Waals surface area contributed by atoms with E-state index in [4.69, 9.17) is 9.47 Å². The van der Waals surface area contributed by atoms with E-state index in [-0.39, 0.29) is 24.4 Å². The predicted molar refractivity (Wildman–Crippen MR) is 105 cm³/mol. The molecule has 0 aliphatic carbocycles. The Kier molecular flexibility index (Phi) is 7.75. The van der Waals surface area contributed by atoms with Gasteiger partial charge in [-0.15, -0.1) is 12.4 Å². The Morgan fingerprint density at radius 3 is 2.35 bits per heavy atom. The molecule has 1 amide bonds. The van der Waals surface area contributed by atoms with E-state index in [1.54, 1.807) is 12.1 Å². The smallest absolute Gasteiger partial charge is 0.255 e. The third-order valence-electron chi connectivity index (χ3n) is 4.17. The van der Waals surface area contributed by atoms with Crippen LogP contribution >= 0.6 is 12.4 Å². The van der Waals surface area contributed by atoms with Crippen molar-refractivity contribution in [1.29, 1.82) is 0 Å². The van der Waals surface area contributed by atoms with Crippen LogP contribution in [0.15, 0.2) is 48.5 Å². The fourth-order valence-corrected chi connectivity index (χ4v) is 2.90. The van der Waals surface area contributed by atoms with E-state index in [1.807, 2.05) is 43.3 Å². The highest BCUT2D eigenvalue weighted by Gasteiger charge is 2.19. The molecule has 2 aromatic carbocycles. The number of para-hydroxylation sites is 3. The quantitative estimate of drug-likeness (QED) is 0.805. The van der Waals surface area contributed by atoms with Crippen molar-refractivity contribution >= 4 is 18.3 Å². The van der Waals surface area contributed by atoms with Gasteiger partial charge in [-0.05, 0) is 57.1 Å². The number of amides is 1. The van der Waals surface area contributed by atoms with Crippen molar-refractivity contribution in [2.24, 2.45) is 0 Å². The molecule has 0 bridgehead atoms. The summed E-state index contributed by atoms with van der Waals surface area (Å²) in [5.41, 5.74) is 0.535. The van der Waals surface area contributed by atoms with Crippen molar-refractivity contribution < 1.29 is 14.3 Å².